The van der Waals surface area contributed by atoms with Gasteiger partial charge in [0.2, 0.25) is 24.1 Å². The third-order valence-electron chi connectivity index (χ3n) is 9.90. The molecule has 4 amide bonds. The SMILES string of the molecule is CN(c1ccc(CCCN2CCN(C(=O)C3CCCCC3)CC2)cc1N(C=O)CCCCCCCC(=O)O)C1CCC(=O)NC1=O. The number of hydrogen-bond donors (Lipinski definition) is 2. The number of aliphatic carboxylic acids is 1. The van der Waals surface area contributed by atoms with Gasteiger partial charge in [-0.3, -0.25) is 34.2 Å². The molecule has 4 rings (SSSR count). The molecule has 11 nitrogen and oxygen atoms in total. The fourth-order valence-electron chi connectivity index (χ4n) is 7.10. The van der Waals surface area contributed by atoms with E-state index in [0.29, 0.717) is 25.3 Å². The number of rotatable bonds is 17. The first-order valence-corrected chi connectivity index (χ1v) is 17.4. The molecule has 1 atom stereocenters. The summed E-state index contributed by atoms with van der Waals surface area (Å²) in [5, 5.41) is 11.3. The van der Waals surface area contributed by atoms with Crippen molar-refractivity contribution in [3.8, 4) is 0 Å². The van der Waals surface area contributed by atoms with Crippen LogP contribution in [0.1, 0.15) is 95.5 Å². The Morgan fingerprint density at radius 2 is 1.65 bits per heavy atom. The van der Waals surface area contributed by atoms with Crippen molar-refractivity contribution in [3.05, 3.63) is 23.8 Å². The second-order valence-corrected chi connectivity index (χ2v) is 13.2. The number of unbranched alkanes of at least 4 members (excludes halogenated alkanes) is 4. The van der Waals surface area contributed by atoms with Crippen molar-refractivity contribution in [1.29, 1.82) is 0 Å². The molecule has 0 radical (unpaired) electrons. The fraction of sp³-hybridized carbons (Fsp3) is 0.686. The second kappa shape index (κ2) is 18.0. The summed E-state index contributed by atoms with van der Waals surface area (Å²) in [5.74, 6) is -0.786. The summed E-state index contributed by atoms with van der Waals surface area (Å²) in [7, 11) is 1.84. The number of piperidine rings is 1. The van der Waals surface area contributed by atoms with E-state index < -0.39 is 12.0 Å². The van der Waals surface area contributed by atoms with Gasteiger partial charge in [0.05, 0.1) is 11.4 Å². The van der Waals surface area contributed by atoms with E-state index in [0.717, 1.165) is 107 Å². The largest absolute Gasteiger partial charge is 0.481 e. The fourth-order valence-corrected chi connectivity index (χ4v) is 7.10. The summed E-state index contributed by atoms with van der Waals surface area (Å²) in [6.45, 7) is 4.86. The van der Waals surface area contributed by atoms with E-state index >= 15 is 0 Å². The molecule has 1 saturated carbocycles. The summed E-state index contributed by atoms with van der Waals surface area (Å²) in [6.07, 6.45) is 13.3. The summed E-state index contributed by atoms with van der Waals surface area (Å²) in [5.41, 5.74) is 2.63. The van der Waals surface area contributed by atoms with Gasteiger partial charge in [-0.15, -0.1) is 0 Å². The zero-order valence-corrected chi connectivity index (χ0v) is 27.6. The highest BCUT2D eigenvalue weighted by molar-refractivity contribution is 6.02. The highest BCUT2D eigenvalue weighted by atomic mass is 16.4. The van der Waals surface area contributed by atoms with E-state index in [4.69, 9.17) is 5.11 Å². The number of aryl methyl sites for hydroxylation is 1. The molecule has 1 aliphatic carbocycles. The van der Waals surface area contributed by atoms with Crippen LogP contribution in [0.15, 0.2) is 18.2 Å². The minimum atomic E-state index is -0.774. The summed E-state index contributed by atoms with van der Waals surface area (Å²) >= 11 is 0. The monoisotopic (exact) mass is 639 g/mol. The molecular formula is C35H53N5O6. The van der Waals surface area contributed by atoms with Gasteiger partial charge in [-0.25, -0.2) is 0 Å². The normalized spacial score (nSPS) is 19.5. The Morgan fingerprint density at radius 3 is 2.35 bits per heavy atom. The molecule has 2 saturated heterocycles. The third kappa shape index (κ3) is 10.3. The first-order valence-electron chi connectivity index (χ1n) is 17.4. The van der Waals surface area contributed by atoms with Crippen LogP contribution in [0.3, 0.4) is 0 Å². The Kier molecular flexibility index (Phi) is 13.9. The average Bonchev–Trinajstić information content (AvgIpc) is 3.06. The van der Waals surface area contributed by atoms with Crippen LogP contribution in [-0.4, -0.2) is 97.4 Å². The predicted octanol–water partition coefficient (Wildman–Crippen LogP) is 3.97. The van der Waals surface area contributed by atoms with Gasteiger partial charge >= 0.3 is 5.97 Å². The molecule has 46 heavy (non-hydrogen) atoms. The Balaban J connectivity index is 1.34. The molecule has 0 aromatic heterocycles. The Hall–Kier alpha value is -3.47. The molecular weight excluding hydrogens is 586 g/mol. The number of carboxylic acids is 1. The van der Waals surface area contributed by atoms with Crippen LogP contribution in [-0.2, 0) is 30.4 Å². The van der Waals surface area contributed by atoms with Crippen molar-refractivity contribution in [1.82, 2.24) is 15.1 Å². The molecule has 0 bridgehead atoms. The zero-order chi connectivity index (χ0) is 32.9. The van der Waals surface area contributed by atoms with Crippen molar-refractivity contribution in [2.24, 2.45) is 5.92 Å². The number of nitrogens with one attached hydrogen (secondary N) is 1. The predicted molar refractivity (Wildman–Crippen MR) is 178 cm³/mol. The van der Waals surface area contributed by atoms with Crippen molar-refractivity contribution in [2.75, 3.05) is 56.1 Å². The van der Waals surface area contributed by atoms with Crippen LogP contribution < -0.4 is 15.1 Å². The summed E-state index contributed by atoms with van der Waals surface area (Å²) in [6, 6.07) is 5.59. The lowest BCUT2D eigenvalue weighted by atomic mass is 9.88. The number of imide groups is 1. The molecule has 1 unspecified atom stereocenters. The Labute approximate surface area is 273 Å². The van der Waals surface area contributed by atoms with Crippen LogP contribution in [0.5, 0.6) is 0 Å². The van der Waals surface area contributed by atoms with Crippen molar-refractivity contribution in [3.63, 3.8) is 0 Å². The first-order chi connectivity index (χ1) is 22.3. The number of hydrogen-bond acceptors (Lipinski definition) is 7. The standard InChI is InChI=1S/C35H53N5O6/c1-37(30-17-18-32(42)36-34(30)45)29-16-15-27(25-31(29)40(26-41)20-9-4-2-3-8-14-33(43)44)11-10-19-38-21-23-39(24-22-38)35(46)28-12-6-5-7-13-28/h15-16,25-26,28,30H,2-14,17-24H2,1H3,(H,43,44)(H,36,42,45). The van der Waals surface area contributed by atoms with Gasteiger partial charge < -0.3 is 19.8 Å². The van der Waals surface area contributed by atoms with Crippen LogP contribution in [0, 0.1) is 5.92 Å². The van der Waals surface area contributed by atoms with Crippen LogP contribution in [0.2, 0.25) is 0 Å². The molecule has 11 heteroatoms. The lowest BCUT2D eigenvalue weighted by Gasteiger charge is -2.37. The number of benzene rings is 1. The molecule has 0 spiro atoms. The number of amides is 4. The zero-order valence-electron chi connectivity index (χ0n) is 27.6. The minimum Gasteiger partial charge on any atom is -0.481 e. The molecule has 3 aliphatic rings. The van der Waals surface area contributed by atoms with E-state index in [9.17, 15) is 24.0 Å². The van der Waals surface area contributed by atoms with E-state index in [1.54, 1.807) is 4.90 Å². The molecule has 2 heterocycles. The lowest BCUT2D eigenvalue weighted by Crippen LogP contribution is -2.51. The van der Waals surface area contributed by atoms with Crippen molar-refractivity contribution < 1.29 is 29.1 Å². The molecule has 1 aromatic rings. The highest BCUT2D eigenvalue weighted by Gasteiger charge is 2.32. The van der Waals surface area contributed by atoms with Crippen molar-refractivity contribution in [2.45, 2.75) is 102 Å². The maximum Gasteiger partial charge on any atom is 0.303 e. The van der Waals surface area contributed by atoms with Gasteiger partial charge in [-0.05, 0) is 69.2 Å². The first kappa shape index (κ1) is 35.4. The number of carboxylic acid groups (broad SMARTS) is 1. The van der Waals surface area contributed by atoms with E-state index in [-0.39, 0.29) is 30.6 Å². The third-order valence-corrected chi connectivity index (χ3v) is 9.90. The smallest absolute Gasteiger partial charge is 0.303 e. The number of carbonyl (C=O) groups excluding carboxylic acids is 4. The summed E-state index contributed by atoms with van der Waals surface area (Å²) in [4.78, 5) is 68.6. The number of carbonyl (C=O) groups is 5. The van der Waals surface area contributed by atoms with E-state index in [1.165, 1.54) is 19.3 Å². The topological polar surface area (TPSA) is 131 Å². The van der Waals surface area contributed by atoms with Gasteiger partial charge in [0.1, 0.15) is 6.04 Å². The van der Waals surface area contributed by atoms with Gasteiger partial charge in [-0.1, -0.05) is 44.6 Å². The second-order valence-electron chi connectivity index (χ2n) is 13.2. The number of anilines is 2. The van der Waals surface area contributed by atoms with Gasteiger partial charge in [-0.2, -0.15) is 0 Å². The molecule has 3 fully saturated rings. The highest BCUT2D eigenvalue weighted by Crippen LogP contribution is 2.33. The number of nitrogens with zero attached hydrogens (tertiary/aromatic N) is 4. The van der Waals surface area contributed by atoms with Gasteiger partial charge in [0, 0.05) is 58.5 Å². The minimum absolute atomic E-state index is 0.180. The Bertz CT molecular complexity index is 1190. The van der Waals surface area contributed by atoms with Crippen LogP contribution in [0.25, 0.3) is 0 Å². The van der Waals surface area contributed by atoms with Gasteiger partial charge in [0.25, 0.3) is 0 Å². The van der Waals surface area contributed by atoms with Crippen LogP contribution in [0.4, 0.5) is 11.4 Å². The molecule has 1 aromatic carbocycles. The number of likely N-dealkylation sites (N-methyl/N-ethyl adjacent to an activating group) is 1. The van der Waals surface area contributed by atoms with Gasteiger partial charge in [0.15, 0.2) is 0 Å². The van der Waals surface area contributed by atoms with Crippen LogP contribution >= 0.6 is 0 Å². The molecule has 2 N–H and O–H groups in total. The molecule has 2 aliphatic heterocycles. The maximum absolute atomic E-state index is 12.9. The Morgan fingerprint density at radius 1 is 0.935 bits per heavy atom. The summed E-state index contributed by atoms with van der Waals surface area (Å²) < 4.78 is 0. The van der Waals surface area contributed by atoms with E-state index in [2.05, 4.69) is 27.2 Å². The quantitative estimate of drug-likeness (QED) is 0.149. The maximum atomic E-state index is 12.9. The van der Waals surface area contributed by atoms with E-state index in [1.807, 2.05) is 18.0 Å². The molecule has 254 valence electrons. The number of piperazine rings is 1. The lowest BCUT2D eigenvalue weighted by molar-refractivity contribution is -0.138. The average molecular weight is 640 g/mol. The van der Waals surface area contributed by atoms with Crippen molar-refractivity contribution >= 4 is 41.5 Å².